The third-order valence-electron chi connectivity index (χ3n) is 3.41. The summed E-state index contributed by atoms with van der Waals surface area (Å²) >= 11 is 0. The molecule has 1 aromatic rings. The van der Waals surface area contributed by atoms with Crippen LogP contribution < -0.4 is 14.2 Å². The number of methoxy groups -OCH3 is 2. The Balaban J connectivity index is 2.22. The molecule has 0 radical (unpaired) electrons. The van der Waals surface area contributed by atoms with Crippen molar-refractivity contribution in [2.75, 3.05) is 14.2 Å². The number of aliphatic hydroxyl groups excluding tert-OH is 1. The first-order chi connectivity index (χ1) is 9.15. The van der Waals surface area contributed by atoms with E-state index in [0.29, 0.717) is 17.2 Å². The van der Waals surface area contributed by atoms with Gasteiger partial charge in [-0.25, -0.2) is 0 Å². The number of rotatable bonds is 4. The second-order valence-electron chi connectivity index (χ2n) is 4.68. The zero-order valence-corrected chi connectivity index (χ0v) is 11.3. The summed E-state index contributed by atoms with van der Waals surface area (Å²) in [5, 5.41) is 19.6. The van der Waals surface area contributed by atoms with E-state index in [0.717, 1.165) is 25.7 Å². The van der Waals surface area contributed by atoms with Gasteiger partial charge in [-0.2, -0.15) is 0 Å². The first-order valence-electron chi connectivity index (χ1n) is 6.45. The quantitative estimate of drug-likeness (QED) is 0.875. The molecule has 0 spiro atoms. The monoisotopic (exact) mass is 268 g/mol. The van der Waals surface area contributed by atoms with E-state index >= 15 is 0 Å². The highest BCUT2D eigenvalue weighted by Gasteiger charge is 2.26. The molecule has 19 heavy (non-hydrogen) atoms. The molecule has 0 heterocycles. The maximum absolute atomic E-state index is 9.93. The summed E-state index contributed by atoms with van der Waals surface area (Å²) in [5.41, 5.74) is 0. The predicted octanol–water partition coefficient (Wildman–Crippen LogP) is 2.09. The first-order valence-corrected chi connectivity index (χ1v) is 6.45. The van der Waals surface area contributed by atoms with E-state index in [9.17, 15) is 10.2 Å². The van der Waals surface area contributed by atoms with Crippen LogP contribution in [0, 0.1) is 0 Å². The highest BCUT2D eigenvalue weighted by molar-refractivity contribution is 5.53. The summed E-state index contributed by atoms with van der Waals surface area (Å²) in [4.78, 5) is 0. The maximum atomic E-state index is 9.93. The van der Waals surface area contributed by atoms with Gasteiger partial charge in [0, 0.05) is 12.1 Å². The van der Waals surface area contributed by atoms with Crippen LogP contribution in [0.15, 0.2) is 12.1 Å². The van der Waals surface area contributed by atoms with Gasteiger partial charge in [-0.15, -0.1) is 0 Å². The number of hydrogen-bond acceptors (Lipinski definition) is 5. The molecule has 0 saturated heterocycles. The van der Waals surface area contributed by atoms with Crippen molar-refractivity contribution in [2.45, 2.75) is 37.9 Å². The van der Waals surface area contributed by atoms with Gasteiger partial charge in [0.15, 0.2) is 23.0 Å². The molecule has 2 rings (SSSR count). The summed E-state index contributed by atoms with van der Waals surface area (Å²) in [5.74, 6) is 1.22. The molecule has 5 heteroatoms. The third kappa shape index (κ3) is 3.04. The van der Waals surface area contributed by atoms with E-state index in [-0.39, 0.29) is 11.9 Å². The largest absolute Gasteiger partial charge is 0.504 e. The Morgan fingerprint density at radius 1 is 1.00 bits per heavy atom. The minimum atomic E-state index is -0.460. The fourth-order valence-corrected chi connectivity index (χ4v) is 2.32. The van der Waals surface area contributed by atoms with E-state index in [4.69, 9.17) is 14.2 Å². The van der Waals surface area contributed by atoms with Gasteiger partial charge in [0.05, 0.1) is 20.3 Å². The molecule has 1 fully saturated rings. The van der Waals surface area contributed by atoms with Gasteiger partial charge >= 0.3 is 0 Å². The van der Waals surface area contributed by atoms with Gasteiger partial charge in [0.25, 0.3) is 0 Å². The van der Waals surface area contributed by atoms with Gasteiger partial charge in [0.1, 0.15) is 6.10 Å². The molecule has 1 aliphatic carbocycles. The molecule has 0 amide bonds. The van der Waals surface area contributed by atoms with Gasteiger partial charge in [-0.05, 0) is 19.3 Å². The van der Waals surface area contributed by atoms with Gasteiger partial charge in [0.2, 0.25) is 0 Å². The molecule has 2 N–H and O–H groups in total. The molecule has 0 aromatic heterocycles. The van der Waals surface area contributed by atoms with Crippen LogP contribution in [0.4, 0.5) is 0 Å². The van der Waals surface area contributed by atoms with Crippen LogP contribution >= 0.6 is 0 Å². The summed E-state index contributed by atoms with van der Waals surface area (Å²) in [6, 6.07) is 3.03. The lowest BCUT2D eigenvalue weighted by atomic mass is 9.95. The Labute approximate surface area is 112 Å². The van der Waals surface area contributed by atoms with Crippen LogP contribution in [0.1, 0.15) is 25.7 Å². The molecule has 0 unspecified atom stereocenters. The van der Waals surface area contributed by atoms with Crippen molar-refractivity contribution in [2.24, 2.45) is 0 Å². The lowest BCUT2D eigenvalue weighted by Crippen LogP contribution is -2.34. The molecule has 1 aliphatic rings. The van der Waals surface area contributed by atoms with Crippen LogP contribution in [-0.4, -0.2) is 36.6 Å². The van der Waals surface area contributed by atoms with Crippen molar-refractivity contribution in [1.82, 2.24) is 0 Å². The molecular weight excluding hydrogens is 248 g/mol. The van der Waals surface area contributed by atoms with E-state index in [2.05, 4.69) is 0 Å². The van der Waals surface area contributed by atoms with Crippen molar-refractivity contribution in [3.05, 3.63) is 12.1 Å². The van der Waals surface area contributed by atoms with Crippen LogP contribution in [0.3, 0.4) is 0 Å². The number of ether oxygens (including phenoxy) is 3. The number of phenolic OH excluding ortho intramolecular Hbond substituents is 1. The standard InChI is InChI=1S/C14H20O5/c1-17-12-8-14(13(18-2)7-10(12)16)19-11-6-4-3-5-9(11)15/h7-9,11,15-16H,3-6H2,1-2H3/t9-,11-/m1/s1. The molecular formula is C14H20O5. The van der Waals surface area contributed by atoms with Crippen molar-refractivity contribution >= 4 is 0 Å². The molecule has 0 bridgehead atoms. The second kappa shape index (κ2) is 6.02. The van der Waals surface area contributed by atoms with Gasteiger partial charge in [-0.3, -0.25) is 0 Å². The second-order valence-corrected chi connectivity index (χ2v) is 4.68. The fraction of sp³-hybridized carbons (Fsp3) is 0.571. The zero-order chi connectivity index (χ0) is 13.8. The van der Waals surface area contributed by atoms with E-state index in [1.54, 1.807) is 6.07 Å². The van der Waals surface area contributed by atoms with Gasteiger partial charge < -0.3 is 24.4 Å². The molecule has 1 saturated carbocycles. The lowest BCUT2D eigenvalue weighted by molar-refractivity contribution is 0.00554. The number of phenols is 1. The summed E-state index contributed by atoms with van der Waals surface area (Å²) in [6.07, 6.45) is 2.93. The maximum Gasteiger partial charge on any atom is 0.165 e. The molecule has 5 nitrogen and oxygen atoms in total. The normalized spacial score (nSPS) is 22.9. The smallest absolute Gasteiger partial charge is 0.165 e. The average Bonchev–Trinajstić information content (AvgIpc) is 2.42. The Hall–Kier alpha value is -1.62. The van der Waals surface area contributed by atoms with Crippen LogP contribution in [-0.2, 0) is 0 Å². The minimum absolute atomic E-state index is 0.00380. The van der Waals surface area contributed by atoms with Crippen LogP contribution in [0.5, 0.6) is 23.0 Å². The first kappa shape index (κ1) is 13.8. The minimum Gasteiger partial charge on any atom is -0.504 e. The van der Waals surface area contributed by atoms with Crippen LogP contribution in [0.2, 0.25) is 0 Å². The SMILES string of the molecule is COc1cc(O[C@@H]2CCCC[C@H]2O)c(OC)cc1O. The lowest BCUT2D eigenvalue weighted by Gasteiger charge is -2.28. The Morgan fingerprint density at radius 2 is 1.68 bits per heavy atom. The van der Waals surface area contributed by atoms with Gasteiger partial charge in [-0.1, -0.05) is 6.42 Å². The van der Waals surface area contributed by atoms with Crippen molar-refractivity contribution in [3.63, 3.8) is 0 Å². The number of aromatic hydroxyl groups is 1. The summed E-state index contributed by atoms with van der Waals surface area (Å²) < 4.78 is 16.1. The molecule has 106 valence electrons. The predicted molar refractivity (Wildman–Crippen MR) is 70.1 cm³/mol. The average molecular weight is 268 g/mol. The van der Waals surface area contributed by atoms with Crippen molar-refractivity contribution < 1.29 is 24.4 Å². The zero-order valence-electron chi connectivity index (χ0n) is 11.3. The van der Waals surface area contributed by atoms with E-state index in [1.165, 1.54) is 20.3 Å². The highest BCUT2D eigenvalue weighted by atomic mass is 16.5. The van der Waals surface area contributed by atoms with Crippen LogP contribution in [0.25, 0.3) is 0 Å². The number of hydrogen-bond donors (Lipinski definition) is 2. The molecule has 1 aromatic carbocycles. The molecule has 2 atom stereocenters. The number of aliphatic hydroxyl groups is 1. The molecule has 0 aliphatic heterocycles. The Bertz CT molecular complexity index is 432. The number of benzene rings is 1. The fourth-order valence-electron chi connectivity index (χ4n) is 2.32. The Morgan fingerprint density at radius 3 is 2.32 bits per heavy atom. The summed E-state index contributed by atoms with van der Waals surface area (Å²) in [6.45, 7) is 0. The van der Waals surface area contributed by atoms with E-state index in [1.807, 2.05) is 0 Å². The Kier molecular flexibility index (Phi) is 4.37. The summed E-state index contributed by atoms with van der Waals surface area (Å²) in [7, 11) is 2.98. The van der Waals surface area contributed by atoms with E-state index < -0.39 is 6.10 Å². The highest BCUT2D eigenvalue weighted by Crippen LogP contribution is 2.40. The van der Waals surface area contributed by atoms with Crippen molar-refractivity contribution in [1.29, 1.82) is 0 Å². The topological polar surface area (TPSA) is 68.2 Å². The van der Waals surface area contributed by atoms with Crippen molar-refractivity contribution in [3.8, 4) is 23.0 Å². The third-order valence-corrected chi connectivity index (χ3v) is 3.41.